The van der Waals surface area contributed by atoms with E-state index in [4.69, 9.17) is 4.74 Å². The zero-order valence-electron chi connectivity index (χ0n) is 11.7. The molecule has 3 nitrogen and oxygen atoms in total. The molecule has 1 unspecified atom stereocenters. The van der Waals surface area contributed by atoms with E-state index in [9.17, 15) is 4.79 Å². The normalized spacial score (nSPS) is 14.4. The molecule has 0 amide bonds. The van der Waals surface area contributed by atoms with Gasteiger partial charge in [0.05, 0.1) is 6.61 Å². The molecular formula is C13H27NO2S. The highest BCUT2D eigenvalue weighted by molar-refractivity contribution is 7.99. The molecule has 0 radical (unpaired) electrons. The van der Waals surface area contributed by atoms with Crippen LogP contribution in [0.4, 0.5) is 0 Å². The van der Waals surface area contributed by atoms with Crippen LogP contribution in [0.1, 0.15) is 47.0 Å². The van der Waals surface area contributed by atoms with E-state index in [1.54, 1.807) is 0 Å². The molecule has 0 bridgehead atoms. The minimum absolute atomic E-state index is 0.116. The highest BCUT2D eigenvalue weighted by Crippen LogP contribution is 2.17. The van der Waals surface area contributed by atoms with Gasteiger partial charge in [0.15, 0.2) is 0 Å². The summed E-state index contributed by atoms with van der Waals surface area (Å²) in [7, 11) is 0. The number of hydrogen-bond donors (Lipinski definition) is 1. The minimum Gasteiger partial charge on any atom is -0.465 e. The summed E-state index contributed by atoms with van der Waals surface area (Å²) in [6, 6.07) is 0. The zero-order chi connectivity index (χ0) is 13.1. The van der Waals surface area contributed by atoms with Crippen LogP contribution in [-0.4, -0.2) is 36.2 Å². The molecule has 0 aromatic carbocycles. The highest BCUT2D eigenvalue weighted by atomic mass is 32.2. The van der Waals surface area contributed by atoms with E-state index >= 15 is 0 Å². The Bertz CT molecular complexity index is 212. The van der Waals surface area contributed by atoms with Gasteiger partial charge in [-0.25, -0.2) is 0 Å². The first-order valence-corrected chi connectivity index (χ1v) is 7.76. The first kappa shape index (κ1) is 16.8. The van der Waals surface area contributed by atoms with Gasteiger partial charge >= 0.3 is 5.97 Å². The van der Waals surface area contributed by atoms with Gasteiger partial charge < -0.3 is 10.1 Å². The third-order valence-electron chi connectivity index (χ3n) is 2.66. The van der Waals surface area contributed by atoms with Crippen molar-refractivity contribution in [3.8, 4) is 0 Å². The number of thioether (sulfide) groups is 1. The van der Waals surface area contributed by atoms with Crippen molar-refractivity contribution >= 4 is 17.7 Å². The Kier molecular flexibility index (Phi) is 9.65. The molecule has 0 rings (SSSR count). The number of esters is 1. The van der Waals surface area contributed by atoms with Crippen LogP contribution in [0.15, 0.2) is 0 Å². The molecule has 0 saturated heterocycles. The maximum atomic E-state index is 11.9. The number of carbonyl (C=O) groups is 1. The van der Waals surface area contributed by atoms with E-state index in [0.29, 0.717) is 6.61 Å². The predicted octanol–water partition coefficient (Wildman–Crippen LogP) is 2.84. The fourth-order valence-corrected chi connectivity index (χ4v) is 2.26. The zero-order valence-corrected chi connectivity index (χ0v) is 12.5. The molecule has 4 heteroatoms. The average Bonchev–Trinajstić information content (AvgIpc) is 2.32. The van der Waals surface area contributed by atoms with Crippen molar-refractivity contribution in [1.29, 1.82) is 0 Å². The maximum absolute atomic E-state index is 11.9. The molecule has 0 aliphatic carbocycles. The summed E-state index contributed by atoms with van der Waals surface area (Å²) in [6.45, 7) is 9.38. The van der Waals surface area contributed by atoms with Gasteiger partial charge in [0.1, 0.15) is 5.54 Å². The fraction of sp³-hybridized carbons (Fsp3) is 0.923. The number of carbonyl (C=O) groups excluding carboxylic acids is 1. The molecule has 17 heavy (non-hydrogen) atoms. The van der Waals surface area contributed by atoms with E-state index in [-0.39, 0.29) is 5.97 Å². The molecule has 0 aromatic heterocycles. The number of ether oxygens (including phenoxy) is 1. The van der Waals surface area contributed by atoms with Gasteiger partial charge in [-0.05, 0) is 51.2 Å². The molecule has 0 heterocycles. The monoisotopic (exact) mass is 261 g/mol. The van der Waals surface area contributed by atoms with Gasteiger partial charge in [-0.15, -0.1) is 0 Å². The molecular weight excluding hydrogens is 234 g/mol. The van der Waals surface area contributed by atoms with E-state index < -0.39 is 5.54 Å². The number of hydrogen-bond acceptors (Lipinski definition) is 4. The quantitative estimate of drug-likeness (QED) is 0.485. The lowest BCUT2D eigenvalue weighted by atomic mass is 9.96. The lowest BCUT2D eigenvalue weighted by molar-refractivity contribution is -0.150. The highest BCUT2D eigenvalue weighted by Gasteiger charge is 2.33. The fourth-order valence-electron chi connectivity index (χ4n) is 1.63. The topological polar surface area (TPSA) is 38.3 Å². The van der Waals surface area contributed by atoms with Crippen molar-refractivity contribution in [2.45, 2.75) is 52.5 Å². The predicted molar refractivity (Wildman–Crippen MR) is 75.6 cm³/mol. The minimum atomic E-state index is -0.514. The van der Waals surface area contributed by atoms with E-state index in [0.717, 1.165) is 37.3 Å². The lowest BCUT2D eigenvalue weighted by Gasteiger charge is -2.28. The summed E-state index contributed by atoms with van der Waals surface area (Å²) in [6.07, 6.45) is 2.92. The van der Waals surface area contributed by atoms with Gasteiger partial charge in [-0.2, -0.15) is 11.8 Å². The smallest absolute Gasteiger partial charge is 0.326 e. The van der Waals surface area contributed by atoms with Crippen LogP contribution in [0.3, 0.4) is 0 Å². The Morgan fingerprint density at radius 3 is 2.59 bits per heavy atom. The van der Waals surface area contributed by atoms with Crippen LogP contribution in [-0.2, 0) is 9.53 Å². The lowest BCUT2D eigenvalue weighted by Crippen LogP contribution is -2.50. The van der Waals surface area contributed by atoms with Crippen LogP contribution < -0.4 is 5.32 Å². The second-order valence-corrected chi connectivity index (χ2v) is 5.67. The standard InChI is InChI=1S/C13H27NO2S/c1-5-10-14-13(4,12(15)16-6-2)9-8-11-17-7-3/h14H,5-11H2,1-4H3. The number of nitrogens with one attached hydrogen (secondary N) is 1. The molecule has 1 N–H and O–H groups in total. The second kappa shape index (κ2) is 9.77. The Morgan fingerprint density at radius 1 is 1.35 bits per heavy atom. The Labute approximate surface area is 110 Å². The first-order valence-electron chi connectivity index (χ1n) is 6.60. The van der Waals surface area contributed by atoms with Gasteiger partial charge in [0.2, 0.25) is 0 Å². The van der Waals surface area contributed by atoms with Gasteiger partial charge in [-0.1, -0.05) is 13.8 Å². The average molecular weight is 261 g/mol. The molecule has 0 spiro atoms. The molecule has 102 valence electrons. The van der Waals surface area contributed by atoms with Crippen LogP contribution in [0.25, 0.3) is 0 Å². The van der Waals surface area contributed by atoms with Crippen molar-refractivity contribution in [1.82, 2.24) is 5.32 Å². The van der Waals surface area contributed by atoms with Crippen molar-refractivity contribution in [3.63, 3.8) is 0 Å². The summed E-state index contributed by atoms with van der Waals surface area (Å²) >= 11 is 1.92. The molecule has 0 aliphatic rings. The second-order valence-electron chi connectivity index (χ2n) is 4.28. The first-order chi connectivity index (χ1) is 8.10. The van der Waals surface area contributed by atoms with Crippen LogP contribution in [0.2, 0.25) is 0 Å². The van der Waals surface area contributed by atoms with Gasteiger partial charge in [0, 0.05) is 0 Å². The van der Waals surface area contributed by atoms with Crippen LogP contribution >= 0.6 is 11.8 Å². The van der Waals surface area contributed by atoms with Crippen LogP contribution in [0, 0.1) is 0 Å². The third kappa shape index (κ3) is 6.94. The number of rotatable bonds is 10. The third-order valence-corrected chi connectivity index (χ3v) is 3.65. The summed E-state index contributed by atoms with van der Waals surface area (Å²) in [5.74, 6) is 2.13. The van der Waals surface area contributed by atoms with E-state index in [1.165, 1.54) is 0 Å². The van der Waals surface area contributed by atoms with Crippen molar-refractivity contribution in [3.05, 3.63) is 0 Å². The summed E-state index contributed by atoms with van der Waals surface area (Å²) < 4.78 is 5.15. The molecule has 0 aliphatic heterocycles. The van der Waals surface area contributed by atoms with Crippen molar-refractivity contribution in [2.24, 2.45) is 0 Å². The van der Waals surface area contributed by atoms with Crippen molar-refractivity contribution < 1.29 is 9.53 Å². The van der Waals surface area contributed by atoms with E-state index in [1.807, 2.05) is 25.6 Å². The summed E-state index contributed by atoms with van der Waals surface area (Å²) in [5, 5.41) is 3.32. The Morgan fingerprint density at radius 2 is 2.06 bits per heavy atom. The summed E-state index contributed by atoms with van der Waals surface area (Å²) in [5.41, 5.74) is -0.514. The maximum Gasteiger partial charge on any atom is 0.326 e. The van der Waals surface area contributed by atoms with Crippen LogP contribution in [0.5, 0.6) is 0 Å². The Balaban J connectivity index is 4.22. The van der Waals surface area contributed by atoms with Gasteiger partial charge in [0.25, 0.3) is 0 Å². The largest absolute Gasteiger partial charge is 0.465 e. The molecule has 1 atom stereocenters. The van der Waals surface area contributed by atoms with Crippen molar-refractivity contribution in [2.75, 3.05) is 24.7 Å². The van der Waals surface area contributed by atoms with Gasteiger partial charge in [-0.3, -0.25) is 4.79 Å². The SMILES string of the molecule is CCCNC(C)(CCCSCC)C(=O)OCC. The molecule has 0 saturated carbocycles. The molecule has 0 aromatic rings. The summed E-state index contributed by atoms with van der Waals surface area (Å²) in [4.78, 5) is 11.9. The van der Waals surface area contributed by atoms with E-state index in [2.05, 4.69) is 19.2 Å². The molecule has 0 fully saturated rings. The Hall–Kier alpha value is -0.220.